The van der Waals surface area contributed by atoms with Crippen molar-refractivity contribution in [3.8, 4) is 0 Å². The third-order valence-electron chi connectivity index (χ3n) is 5.92. The summed E-state index contributed by atoms with van der Waals surface area (Å²) in [6, 6.07) is 3.13. The molecule has 0 aromatic carbocycles. The van der Waals surface area contributed by atoms with Crippen LogP contribution in [0.2, 0.25) is 0 Å². The normalized spacial score (nSPS) is 28.2. The van der Waals surface area contributed by atoms with E-state index in [-0.39, 0.29) is 16.9 Å². The molecule has 1 aromatic heterocycles. The van der Waals surface area contributed by atoms with Crippen molar-refractivity contribution in [2.75, 3.05) is 32.7 Å². The van der Waals surface area contributed by atoms with Crippen LogP contribution < -0.4 is 5.56 Å². The summed E-state index contributed by atoms with van der Waals surface area (Å²) in [5.74, 6) is 0.942. The number of nitrogens with zero attached hydrogens (tertiary/aromatic N) is 2. The highest BCUT2D eigenvalue weighted by Gasteiger charge is 2.41. The number of amides is 1. The second-order valence-electron chi connectivity index (χ2n) is 8.05. The van der Waals surface area contributed by atoms with Crippen molar-refractivity contribution in [2.24, 2.45) is 11.3 Å². The maximum absolute atomic E-state index is 12.8. The fourth-order valence-corrected chi connectivity index (χ4v) is 4.61. The lowest BCUT2D eigenvalue weighted by Gasteiger charge is -2.48. The first-order valence-electron chi connectivity index (χ1n) is 9.34. The number of aromatic nitrogens is 1. The van der Waals surface area contributed by atoms with E-state index in [1.807, 2.05) is 4.90 Å². The van der Waals surface area contributed by atoms with Crippen LogP contribution in [0.5, 0.6) is 0 Å². The van der Waals surface area contributed by atoms with E-state index in [0.29, 0.717) is 5.56 Å². The van der Waals surface area contributed by atoms with Crippen LogP contribution >= 0.6 is 0 Å². The molecule has 1 amide bonds. The fourth-order valence-electron chi connectivity index (χ4n) is 4.61. The van der Waals surface area contributed by atoms with E-state index in [0.717, 1.165) is 32.0 Å². The molecule has 1 N–H and O–H groups in total. The Kier molecular flexibility index (Phi) is 4.21. The van der Waals surface area contributed by atoms with Crippen molar-refractivity contribution < 1.29 is 4.79 Å². The summed E-state index contributed by atoms with van der Waals surface area (Å²) >= 11 is 0. The number of carbonyl (C=O) groups is 1. The number of nitrogens with one attached hydrogen (secondary N) is 1. The maximum Gasteiger partial charge on any atom is 0.254 e. The smallest absolute Gasteiger partial charge is 0.254 e. The van der Waals surface area contributed by atoms with Crippen LogP contribution in [0.15, 0.2) is 23.1 Å². The molecule has 2 aliphatic heterocycles. The number of pyridine rings is 1. The van der Waals surface area contributed by atoms with Crippen molar-refractivity contribution in [3.63, 3.8) is 0 Å². The van der Waals surface area contributed by atoms with Gasteiger partial charge in [0.05, 0.1) is 0 Å². The van der Waals surface area contributed by atoms with Crippen LogP contribution in [0.25, 0.3) is 0 Å². The van der Waals surface area contributed by atoms with Gasteiger partial charge in [-0.05, 0) is 57.1 Å². The molecule has 1 unspecified atom stereocenters. The van der Waals surface area contributed by atoms with Crippen molar-refractivity contribution in [1.29, 1.82) is 0 Å². The Morgan fingerprint density at radius 1 is 1.21 bits per heavy atom. The Morgan fingerprint density at radius 2 is 2.00 bits per heavy atom. The lowest BCUT2D eigenvalue weighted by molar-refractivity contribution is 0.0125. The van der Waals surface area contributed by atoms with Gasteiger partial charge in [0.25, 0.3) is 5.91 Å². The van der Waals surface area contributed by atoms with Gasteiger partial charge in [-0.1, -0.05) is 0 Å². The monoisotopic (exact) mass is 329 g/mol. The summed E-state index contributed by atoms with van der Waals surface area (Å²) in [6.45, 7) is 5.28. The SMILES string of the molecule is O=C(c1cc[nH]c(=O)c1)N1CCCC2(CCCN(CC3CC3)C2)C1. The predicted molar refractivity (Wildman–Crippen MR) is 93.0 cm³/mol. The first-order chi connectivity index (χ1) is 11.6. The second kappa shape index (κ2) is 6.36. The molecular formula is C19H27N3O2. The minimum Gasteiger partial charge on any atom is -0.338 e. The zero-order valence-electron chi connectivity index (χ0n) is 14.3. The molecule has 3 heterocycles. The zero-order valence-corrected chi connectivity index (χ0v) is 14.3. The summed E-state index contributed by atoms with van der Waals surface area (Å²) in [5.41, 5.74) is 0.574. The standard InChI is InChI=1S/C19H27N3O2/c23-17-11-16(5-8-20-17)18(24)22-10-2-7-19(14-22)6-1-9-21(13-19)12-15-3-4-15/h5,8,11,15H,1-4,6-7,9-10,12-14H2,(H,20,23). The number of hydrogen-bond acceptors (Lipinski definition) is 3. The predicted octanol–water partition coefficient (Wildman–Crippen LogP) is 2.10. The molecule has 2 saturated heterocycles. The third-order valence-corrected chi connectivity index (χ3v) is 5.92. The highest BCUT2D eigenvalue weighted by Crippen LogP contribution is 2.40. The van der Waals surface area contributed by atoms with E-state index in [1.165, 1.54) is 51.3 Å². The minimum atomic E-state index is -0.208. The Morgan fingerprint density at radius 3 is 2.75 bits per heavy atom. The van der Waals surface area contributed by atoms with Gasteiger partial charge in [-0.25, -0.2) is 0 Å². The molecule has 1 aromatic rings. The number of carbonyl (C=O) groups excluding carboxylic acids is 1. The molecule has 1 saturated carbocycles. The average Bonchev–Trinajstić information content (AvgIpc) is 3.38. The molecule has 5 nitrogen and oxygen atoms in total. The number of aromatic amines is 1. The fraction of sp³-hybridized carbons (Fsp3) is 0.684. The van der Waals surface area contributed by atoms with Gasteiger partial charge < -0.3 is 14.8 Å². The van der Waals surface area contributed by atoms with Gasteiger partial charge in [-0.2, -0.15) is 0 Å². The summed E-state index contributed by atoms with van der Waals surface area (Å²) < 4.78 is 0. The molecule has 3 fully saturated rings. The van der Waals surface area contributed by atoms with Crippen molar-refractivity contribution >= 4 is 5.91 Å². The minimum absolute atomic E-state index is 0.0134. The number of H-pyrrole nitrogens is 1. The lowest BCUT2D eigenvalue weighted by Crippen LogP contribution is -2.54. The second-order valence-corrected chi connectivity index (χ2v) is 8.05. The van der Waals surface area contributed by atoms with Crippen LogP contribution in [0.3, 0.4) is 0 Å². The third kappa shape index (κ3) is 3.41. The molecule has 3 aliphatic rings. The Bertz CT molecular complexity index is 663. The number of piperidine rings is 2. The van der Waals surface area contributed by atoms with Gasteiger partial charge in [-0.15, -0.1) is 0 Å². The van der Waals surface area contributed by atoms with Crippen LogP contribution in [-0.2, 0) is 0 Å². The maximum atomic E-state index is 12.8. The number of rotatable bonds is 3. The quantitative estimate of drug-likeness (QED) is 0.924. The van der Waals surface area contributed by atoms with Gasteiger partial charge in [0.15, 0.2) is 0 Å². The highest BCUT2D eigenvalue weighted by atomic mass is 16.2. The summed E-state index contributed by atoms with van der Waals surface area (Å²) in [7, 11) is 0. The lowest BCUT2D eigenvalue weighted by atomic mass is 9.73. The summed E-state index contributed by atoms with van der Waals surface area (Å²) in [6.07, 6.45) is 9.15. The van der Waals surface area contributed by atoms with Crippen molar-refractivity contribution in [1.82, 2.24) is 14.8 Å². The van der Waals surface area contributed by atoms with E-state index >= 15 is 0 Å². The summed E-state index contributed by atoms with van der Waals surface area (Å²) in [5, 5.41) is 0. The van der Waals surface area contributed by atoms with E-state index < -0.39 is 0 Å². The molecule has 24 heavy (non-hydrogen) atoms. The van der Waals surface area contributed by atoms with Gasteiger partial charge in [0.1, 0.15) is 0 Å². The number of hydrogen-bond donors (Lipinski definition) is 1. The van der Waals surface area contributed by atoms with Crippen LogP contribution in [0.1, 0.15) is 48.9 Å². The first-order valence-corrected chi connectivity index (χ1v) is 9.34. The highest BCUT2D eigenvalue weighted by molar-refractivity contribution is 5.94. The molecule has 1 atom stereocenters. The summed E-state index contributed by atoms with van der Waals surface area (Å²) in [4.78, 5) is 31.5. The van der Waals surface area contributed by atoms with Crippen LogP contribution in [-0.4, -0.2) is 53.4 Å². The molecular weight excluding hydrogens is 302 g/mol. The van der Waals surface area contributed by atoms with Crippen molar-refractivity contribution in [3.05, 3.63) is 34.2 Å². The Balaban J connectivity index is 1.46. The zero-order chi connectivity index (χ0) is 16.6. The molecule has 1 aliphatic carbocycles. The van der Waals surface area contributed by atoms with Gasteiger partial charge in [-0.3, -0.25) is 9.59 Å². The molecule has 5 heteroatoms. The Labute approximate surface area is 143 Å². The van der Waals surface area contributed by atoms with Gasteiger partial charge in [0.2, 0.25) is 5.56 Å². The van der Waals surface area contributed by atoms with Gasteiger partial charge >= 0.3 is 0 Å². The van der Waals surface area contributed by atoms with Crippen LogP contribution in [0, 0.1) is 11.3 Å². The van der Waals surface area contributed by atoms with E-state index in [4.69, 9.17) is 0 Å². The topological polar surface area (TPSA) is 56.4 Å². The van der Waals surface area contributed by atoms with E-state index in [1.54, 1.807) is 12.3 Å². The van der Waals surface area contributed by atoms with E-state index in [9.17, 15) is 9.59 Å². The largest absolute Gasteiger partial charge is 0.338 e. The van der Waals surface area contributed by atoms with Crippen molar-refractivity contribution in [2.45, 2.75) is 38.5 Å². The average molecular weight is 329 g/mol. The van der Waals surface area contributed by atoms with Gasteiger partial charge in [0, 0.05) is 49.4 Å². The molecule has 0 bridgehead atoms. The number of likely N-dealkylation sites (tertiary alicyclic amines) is 2. The molecule has 130 valence electrons. The first kappa shape index (κ1) is 15.9. The van der Waals surface area contributed by atoms with Crippen LogP contribution in [0.4, 0.5) is 0 Å². The van der Waals surface area contributed by atoms with E-state index in [2.05, 4.69) is 9.88 Å². The molecule has 4 rings (SSSR count). The molecule has 0 radical (unpaired) electrons. The molecule has 1 spiro atoms. The Hall–Kier alpha value is -1.62.